The highest BCUT2D eigenvalue weighted by Gasteiger charge is 2.19. The summed E-state index contributed by atoms with van der Waals surface area (Å²) in [5.41, 5.74) is 1.20. The van der Waals surface area contributed by atoms with Crippen molar-refractivity contribution in [2.75, 3.05) is 13.7 Å². The first kappa shape index (κ1) is 19.7. The Hall–Kier alpha value is -2.67. The highest BCUT2D eigenvalue weighted by atomic mass is 32.1. The number of carbonyl (C=O) groups is 2. The Balaban J connectivity index is 1.82. The fraction of sp³-hybridized carbons (Fsp3) is 0.316. The van der Waals surface area contributed by atoms with Crippen LogP contribution in [0.1, 0.15) is 40.7 Å². The van der Waals surface area contributed by atoms with Gasteiger partial charge < -0.3 is 14.9 Å². The molecule has 0 saturated carbocycles. The smallest absolute Gasteiger partial charge is 0.337 e. The molecule has 1 amide bonds. The first-order valence-electron chi connectivity index (χ1n) is 8.17. The van der Waals surface area contributed by atoms with Gasteiger partial charge in [-0.15, -0.1) is 11.3 Å². The normalized spacial score (nSPS) is 12.2. The van der Waals surface area contributed by atoms with Gasteiger partial charge in [0.05, 0.1) is 24.9 Å². The van der Waals surface area contributed by atoms with Crippen LogP contribution in [0.15, 0.2) is 46.9 Å². The van der Waals surface area contributed by atoms with Gasteiger partial charge in [0.1, 0.15) is 0 Å². The van der Waals surface area contributed by atoms with Crippen LogP contribution in [0.5, 0.6) is 0 Å². The van der Waals surface area contributed by atoms with Crippen LogP contribution in [0.4, 0.5) is 0 Å². The Morgan fingerprint density at radius 1 is 1.23 bits per heavy atom. The lowest BCUT2D eigenvalue weighted by Gasteiger charge is -2.20. The van der Waals surface area contributed by atoms with E-state index >= 15 is 0 Å². The number of methoxy groups -OCH3 is 1. The number of thiophene rings is 1. The molecule has 0 bridgehead atoms. The third-order valence-electron chi connectivity index (χ3n) is 3.64. The molecule has 138 valence electrons. The number of rotatable bonds is 8. The third-order valence-corrected chi connectivity index (χ3v) is 4.59. The number of ether oxygens (including phenoxy) is 1. The van der Waals surface area contributed by atoms with Crippen LogP contribution < -0.4 is 5.32 Å². The molecule has 2 aromatic rings. The summed E-state index contributed by atoms with van der Waals surface area (Å²) >= 11 is 1.61. The Bertz CT molecular complexity index is 739. The van der Waals surface area contributed by atoms with Crippen LogP contribution in [0.25, 0.3) is 0 Å². The van der Waals surface area contributed by atoms with E-state index in [9.17, 15) is 9.59 Å². The van der Waals surface area contributed by atoms with Crippen LogP contribution in [0.2, 0.25) is 0 Å². The molecule has 0 aliphatic heterocycles. The second-order valence-electron chi connectivity index (χ2n) is 5.93. The summed E-state index contributed by atoms with van der Waals surface area (Å²) in [6.07, 6.45) is 1.48. The first-order valence-corrected chi connectivity index (χ1v) is 9.05. The number of amides is 1. The second-order valence-corrected chi connectivity index (χ2v) is 6.91. The minimum atomic E-state index is -0.396. The molecule has 6 nitrogen and oxygen atoms in total. The summed E-state index contributed by atoms with van der Waals surface area (Å²) in [4.78, 5) is 29.6. The number of carbonyl (C=O) groups excluding carboxylic acids is 2. The molecule has 0 spiro atoms. The van der Waals surface area contributed by atoms with Crippen LogP contribution in [-0.2, 0) is 14.4 Å². The number of oxime groups is 1. The van der Waals surface area contributed by atoms with Crippen molar-refractivity contribution in [3.05, 3.63) is 57.8 Å². The van der Waals surface area contributed by atoms with Crippen LogP contribution in [-0.4, -0.2) is 31.8 Å². The molecule has 1 N–H and O–H groups in total. The standard InChI is InChI=1S/C19H22N2O4S/c1-13(2)18(16-5-4-10-26-16)21-17(22)12-25-20-11-14-6-8-15(9-7-14)19(23)24-3/h4-11,13,18H,12H2,1-3H3,(H,21,22)/b20-11+. The molecule has 0 fully saturated rings. The molecule has 0 radical (unpaired) electrons. The van der Waals surface area contributed by atoms with Gasteiger partial charge >= 0.3 is 5.97 Å². The molecular formula is C19H22N2O4S. The Morgan fingerprint density at radius 2 is 1.96 bits per heavy atom. The van der Waals surface area contributed by atoms with Gasteiger partial charge in [-0.1, -0.05) is 37.2 Å². The van der Waals surface area contributed by atoms with Crippen molar-refractivity contribution in [2.24, 2.45) is 11.1 Å². The predicted octanol–water partition coefficient (Wildman–Crippen LogP) is 3.40. The molecule has 1 aromatic heterocycles. The number of nitrogens with zero attached hydrogens (tertiary/aromatic N) is 1. The van der Waals surface area contributed by atoms with E-state index in [1.807, 2.05) is 17.5 Å². The second kappa shape index (κ2) is 9.72. The predicted molar refractivity (Wildman–Crippen MR) is 101 cm³/mol. The summed E-state index contributed by atoms with van der Waals surface area (Å²) in [6, 6.07) is 10.6. The van der Waals surface area contributed by atoms with E-state index in [4.69, 9.17) is 4.84 Å². The van der Waals surface area contributed by atoms with Crippen molar-refractivity contribution >= 4 is 29.4 Å². The maximum absolute atomic E-state index is 12.1. The van der Waals surface area contributed by atoms with Gasteiger partial charge in [0.2, 0.25) is 0 Å². The van der Waals surface area contributed by atoms with E-state index in [1.54, 1.807) is 35.6 Å². The largest absolute Gasteiger partial charge is 0.465 e. The lowest BCUT2D eigenvalue weighted by Crippen LogP contribution is -2.33. The molecule has 7 heteroatoms. The van der Waals surface area contributed by atoms with Crippen molar-refractivity contribution in [3.8, 4) is 0 Å². The van der Waals surface area contributed by atoms with E-state index < -0.39 is 5.97 Å². The van der Waals surface area contributed by atoms with E-state index in [1.165, 1.54) is 13.3 Å². The first-order chi connectivity index (χ1) is 12.5. The average molecular weight is 374 g/mol. The lowest BCUT2D eigenvalue weighted by molar-refractivity contribution is -0.126. The third kappa shape index (κ3) is 5.70. The van der Waals surface area contributed by atoms with E-state index in [0.717, 1.165) is 10.4 Å². The summed E-state index contributed by atoms with van der Waals surface area (Å²) < 4.78 is 4.64. The lowest BCUT2D eigenvalue weighted by atomic mass is 10.0. The molecule has 2 rings (SSSR count). The quantitative estimate of drug-likeness (QED) is 0.436. The molecule has 1 aromatic carbocycles. The van der Waals surface area contributed by atoms with Crippen molar-refractivity contribution < 1.29 is 19.2 Å². The Morgan fingerprint density at radius 3 is 2.54 bits per heavy atom. The number of nitrogens with one attached hydrogen (secondary N) is 1. The zero-order chi connectivity index (χ0) is 18.9. The fourth-order valence-electron chi connectivity index (χ4n) is 2.27. The monoisotopic (exact) mass is 374 g/mol. The molecule has 26 heavy (non-hydrogen) atoms. The molecular weight excluding hydrogens is 352 g/mol. The highest BCUT2D eigenvalue weighted by Crippen LogP contribution is 2.25. The fourth-order valence-corrected chi connectivity index (χ4v) is 3.22. The number of hydrogen-bond donors (Lipinski definition) is 1. The van der Waals surface area contributed by atoms with Gasteiger partial charge in [-0.3, -0.25) is 4.79 Å². The van der Waals surface area contributed by atoms with Gasteiger partial charge in [0.25, 0.3) is 5.91 Å². The van der Waals surface area contributed by atoms with Gasteiger partial charge in [-0.25, -0.2) is 4.79 Å². The zero-order valence-electron chi connectivity index (χ0n) is 15.0. The van der Waals surface area contributed by atoms with Crippen molar-refractivity contribution in [1.29, 1.82) is 0 Å². The van der Waals surface area contributed by atoms with Gasteiger partial charge in [0, 0.05) is 4.88 Å². The number of esters is 1. The summed E-state index contributed by atoms with van der Waals surface area (Å²) in [5, 5.41) is 8.75. The number of benzene rings is 1. The Kier molecular flexibility index (Phi) is 7.35. The zero-order valence-corrected chi connectivity index (χ0v) is 15.8. The molecule has 0 saturated heterocycles. The van der Waals surface area contributed by atoms with Crippen LogP contribution >= 0.6 is 11.3 Å². The SMILES string of the molecule is COC(=O)c1ccc(/C=N/OCC(=O)NC(c2cccs2)C(C)C)cc1. The van der Waals surface area contributed by atoms with Gasteiger partial charge in [-0.2, -0.15) is 0 Å². The van der Waals surface area contributed by atoms with E-state index in [0.29, 0.717) is 5.56 Å². The van der Waals surface area contributed by atoms with Gasteiger partial charge in [-0.05, 0) is 35.1 Å². The van der Waals surface area contributed by atoms with Crippen LogP contribution in [0.3, 0.4) is 0 Å². The minimum Gasteiger partial charge on any atom is -0.465 e. The van der Waals surface area contributed by atoms with Gasteiger partial charge in [0.15, 0.2) is 6.61 Å². The summed E-state index contributed by atoms with van der Waals surface area (Å²) in [6.45, 7) is 3.95. The van der Waals surface area contributed by atoms with Crippen LogP contribution in [0, 0.1) is 5.92 Å². The maximum atomic E-state index is 12.1. The molecule has 1 unspecified atom stereocenters. The summed E-state index contributed by atoms with van der Waals surface area (Å²) in [5.74, 6) is -0.350. The maximum Gasteiger partial charge on any atom is 0.337 e. The Labute approximate surface area is 156 Å². The van der Waals surface area contributed by atoms with Crippen molar-refractivity contribution in [3.63, 3.8) is 0 Å². The average Bonchev–Trinajstić information content (AvgIpc) is 3.17. The van der Waals surface area contributed by atoms with E-state index in [-0.39, 0.29) is 24.5 Å². The molecule has 1 heterocycles. The molecule has 1 atom stereocenters. The van der Waals surface area contributed by atoms with Crippen molar-refractivity contribution in [2.45, 2.75) is 19.9 Å². The highest BCUT2D eigenvalue weighted by molar-refractivity contribution is 7.10. The van der Waals surface area contributed by atoms with Crippen molar-refractivity contribution in [1.82, 2.24) is 5.32 Å². The topological polar surface area (TPSA) is 77.0 Å². The number of hydrogen-bond acceptors (Lipinski definition) is 6. The molecule has 0 aliphatic rings. The summed E-state index contributed by atoms with van der Waals surface area (Å²) in [7, 11) is 1.33. The molecule has 0 aliphatic carbocycles. The van der Waals surface area contributed by atoms with E-state index in [2.05, 4.69) is 29.1 Å². The minimum absolute atomic E-state index is 0.0408.